The van der Waals surface area contributed by atoms with Crippen molar-refractivity contribution in [3.63, 3.8) is 0 Å². The maximum Gasteiger partial charge on any atom is 0.000693 e. The third-order valence-electron chi connectivity index (χ3n) is 0.991. The second-order valence-corrected chi connectivity index (χ2v) is 2.77. The number of hydrogen-bond acceptors (Lipinski definition) is 0. The van der Waals surface area contributed by atoms with Crippen LogP contribution in [0.15, 0.2) is 30.3 Å². The van der Waals surface area contributed by atoms with Crippen LogP contribution in [-0.4, -0.2) is 5.33 Å². The summed E-state index contributed by atoms with van der Waals surface area (Å²) in [5.74, 6) is 0. The van der Waals surface area contributed by atoms with E-state index in [0.717, 1.165) is 11.8 Å². The predicted octanol–water partition coefficient (Wildman–Crippen LogP) is 3.48. The fourth-order valence-electron chi connectivity index (χ4n) is 0.436. The summed E-state index contributed by atoms with van der Waals surface area (Å²) in [6.45, 7) is 3.65. The molecule has 0 aromatic heterocycles. The van der Waals surface area contributed by atoms with Gasteiger partial charge in [-0.1, -0.05) is 22.4 Å². The van der Waals surface area contributed by atoms with Gasteiger partial charge in [-0.25, -0.2) is 0 Å². The molecule has 2 heteroatoms. The summed E-state index contributed by atoms with van der Waals surface area (Å²) in [7, 11) is 0. The summed E-state index contributed by atoms with van der Waals surface area (Å²) in [6, 6.07) is 12.5. The van der Waals surface area contributed by atoms with Crippen molar-refractivity contribution < 1.29 is 32.7 Å². The van der Waals surface area contributed by atoms with Gasteiger partial charge in [-0.05, 0) is 0 Å². The van der Waals surface area contributed by atoms with E-state index in [-0.39, 0.29) is 32.7 Å². The molecule has 0 aliphatic heterocycles. The molecule has 0 aliphatic carbocycles. The summed E-state index contributed by atoms with van der Waals surface area (Å²) in [6.07, 6.45) is 2.24. The molecule has 12 heavy (non-hydrogen) atoms. The van der Waals surface area contributed by atoms with Gasteiger partial charge in [0.15, 0.2) is 0 Å². The van der Waals surface area contributed by atoms with Crippen LogP contribution in [0.25, 0.3) is 0 Å². The van der Waals surface area contributed by atoms with Gasteiger partial charge in [-0.15, -0.1) is 0 Å². The van der Waals surface area contributed by atoms with Gasteiger partial charge in [0.2, 0.25) is 0 Å². The fraction of sp³-hybridized carbons (Fsp3) is 0.300. The van der Waals surface area contributed by atoms with Crippen LogP contribution in [0, 0.1) is 13.0 Å². The van der Waals surface area contributed by atoms with E-state index in [1.54, 1.807) is 0 Å². The second-order valence-electron chi connectivity index (χ2n) is 1.97. The van der Waals surface area contributed by atoms with E-state index in [1.165, 1.54) is 6.42 Å². The van der Waals surface area contributed by atoms with Gasteiger partial charge in [-0.3, -0.25) is 0 Å². The van der Waals surface area contributed by atoms with Crippen molar-refractivity contribution in [1.82, 2.24) is 0 Å². The molecule has 0 amide bonds. The Morgan fingerprint density at radius 3 is 1.83 bits per heavy atom. The number of unbranched alkanes of at least 4 members (excludes halogenated alkanes) is 1. The van der Waals surface area contributed by atoms with E-state index >= 15 is 0 Å². The summed E-state index contributed by atoms with van der Waals surface area (Å²) in [4.78, 5) is 0. The van der Waals surface area contributed by atoms with Gasteiger partial charge in [0.1, 0.15) is 0 Å². The molecule has 0 spiro atoms. The third-order valence-corrected chi connectivity index (χ3v) is 1.55. The molecule has 0 fully saturated rings. The summed E-state index contributed by atoms with van der Waals surface area (Å²) < 4.78 is 0. The maximum atomic E-state index is 3.65. The number of benzene rings is 1. The standard InChI is InChI=1S/C6H5.C4H8Br.Y/c1-2-4-6-5-3-1;1-2-3-4-5;/h1-5H;1-4H2;/q2*-1;. The zero-order chi connectivity index (χ0) is 8.36. The molecule has 0 heterocycles. The maximum absolute atomic E-state index is 3.65. The third kappa shape index (κ3) is 13.4. The zero-order valence-electron chi connectivity index (χ0n) is 7.17. The first kappa shape index (κ1) is 15.3. The van der Waals surface area contributed by atoms with Crippen LogP contribution in [-0.2, 0) is 32.7 Å². The Bertz CT molecular complexity index is 113. The molecule has 0 N–H and O–H groups in total. The molecule has 0 saturated heterocycles. The van der Waals surface area contributed by atoms with Crippen molar-refractivity contribution in [2.24, 2.45) is 0 Å². The van der Waals surface area contributed by atoms with E-state index in [0.29, 0.717) is 0 Å². The number of hydrogen-bond donors (Lipinski definition) is 0. The van der Waals surface area contributed by atoms with Gasteiger partial charge in [-0.2, -0.15) is 42.8 Å². The molecule has 1 rings (SSSR count). The monoisotopic (exact) mass is 301 g/mol. The van der Waals surface area contributed by atoms with Gasteiger partial charge < -0.3 is 6.92 Å². The average molecular weight is 302 g/mol. The summed E-state index contributed by atoms with van der Waals surface area (Å²) in [5, 5.41) is 1.09. The number of alkyl halides is 1. The van der Waals surface area contributed by atoms with Gasteiger partial charge in [0.25, 0.3) is 0 Å². The largest absolute Gasteiger partial charge is 0.343 e. The van der Waals surface area contributed by atoms with E-state index < -0.39 is 0 Å². The molecule has 0 saturated carbocycles. The van der Waals surface area contributed by atoms with Crippen molar-refractivity contribution in [3.8, 4) is 0 Å². The minimum Gasteiger partial charge on any atom is -0.343 e. The Labute approximate surface area is 109 Å². The first-order valence-electron chi connectivity index (χ1n) is 3.68. The molecule has 0 bridgehead atoms. The topological polar surface area (TPSA) is 0 Å². The minimum atomic E-state index is 0. The molecule has 65 valence electrons. The summed E-state index contributed by atoms with van der Waals surface area (Å²) >= 11 is 3.27. The SMILES string of the molecule is [CH2-]CCCBr.[Y].[c-]1ccccc1. The molecule has 1 aromatic carbocycles. The van der Waals surface area contributed by atoms with E-state index in [4.69, 9.17) is 0 Å². The van der Waals surface area contributed by atoms with Gasteiger partial charge in [0, 0.05) is 38.0 Å². The average Bonchev–Trinajstić information content (AvgIpc) is 2.10. The Hall–Kier alpha value is 0.804. The molecule has 0 aliphatic rings. The molecular formula is C10H13BrY-2. The van der Waals surface area contributed by atoms with Crippen LogP contribution in [0.5, 0.6) is 0 Å². The Kier molecular flexibility index (Phi) is 18.3. The molecule has 0 nitrogen and oxygen atoms in total. The molecule has 1 radical (unpaired) electrons. The van der Waals surface area contributed by atoms with Crippen molar-refractivity contribution in [1.29, 1.82) is 0 Å². The van der Waals surface area contributed by atoms with Gasteiger partial charge >= 0.3 is 0 Å². The normalized spacial score (nSPS) is 7.50. The second kappa shape index (κ2) is 14.3. The number of halogens is 1. The van der Waals surface area contributed by atoms with Crippen LogP contribution in [0.3, 0.4) is 0 Å². The van der Waals surface area contributed by atoms with Crippen LogP contribution in [0.4, 0.5) is 0 Å². The Balaban J connectivity index is 0. The van der Waals surface area contributed by atoms with Crippen LogP contribution in [0.2, 0.25) is 0 Å². The van der Waals surface area contributed by atoms with Crippen molar-refractivity contribution in [2.75, 3.05) is 5.33 Å². The summed E-state index contributed by atoms with van der Waals surface area (Å²) in [5.41, 5.74) is 0. The number of rotatable bonds is 2. The van der Waals surface area contributed by atoms with Crippen molar-refractivity contribution in [2.45, 2.75) is 12.8 Å². The molecular weight excluding hydrogens is 289 g/mol. The van der Waals surface area contributed by atoms with Crippen LogP contribution >= 0.6 is 15.9 Å². The smallest absolute Gasteiger partial charge is 0.000693 e. The molecule has 0 atom stereocenters. The van der Waals surface area contributed by atoms with Crippen LogP contribution < -0.4 is 0 Å². The van der Waals surface area contributed by atoms with Crippen LogP contribution in [0.1, 0.15) is 12.8 Å². The van der Waals surface area contributed by atoms with E-state index in [9.17, 15) is 0 Å². The first-order valence-corrected chi connectivity index (χ1v) is 4.80. The Morgan fingerprint density at radius 2 is 1.75 bits per heavy atom. The first-order chi connectivity index (χ1) is 5.41. The molecule has 0 unspecified atom stereocenters. The fourth-order valence-corrected chi connectivity index (χ4v) is 0.833. The van der Waals surface area contributed by atoms with E-state index in [2.05, 4.69) is 28.9 Å². The minimum absolute atomic E-state index is 0. The predicted molar refractivity (Wildman–Crippen MR) is 53.7 cm³/mol. The zero-order valence-corrected chi connectivity index (χ0v) is 11.6. The Morgan fingerprint density at radius 1 is 1.17 bits per heavy atom. The van der Waals surface area contributed by atoms with Crippen molar-refractivity contribution in [3.05, 3.63) is 43.3 Å². The van der Waals surface area contributed by atoms with E-state index in [1.807, 2.05) is 30.3 Å². The quantitative estimate of drug-likeness (QED) is 0.579. The molecule has 1 aromatic rings. The van der Waals surface area contributed by atoms with Gasteiger partial charge in [0.05, 0.1) is 0 Å². The van der Waals surface area contributed by atoms with Crippen molar-refractivity contribution >= 4 is 15.9 Å².